The number of aromatic nitrogens is 1. The SMILES string of the molecule is CCC1=C(C(F)(F)F)C=C(C)N(C2=NC(=Nc3cc(OC)cc(C(F)(F)F)c3)CCC(C)/C=C\2c2cccnc2)C1. The highest BCUT2D eigenvalue weighted by Gasteiger charge is 2.38. The first kappa shape index (κ1) is 30.1. The van der Waals surface area contributed by atoms with E-state index >= 15 is 0 Å². The van der Waals surface area contributed by atoms with Crippen molar-refractivity contribution in [2.24, 2.45) is 15.9 Å². The van der Waals surface area contributed by atoms with Crippen LogP contribution in [0.4, 0.5) is 32.0 Å². The highest BCUT2D eigenvalue weighted by Crippen LogP contribution is 2.38. The van der Waals surface area contributed by atoms with Crippen molar-refractivity contribution in [2.75, 3.05) is 13.7 Å². The van der Waals surface area contributed by atoms with Crippen molar-refractivity contribution in [3.63, 3.8) is 0 Å². The number of alkyl halides is 6. The molecule has 1 unspecified atom stereocenters. The van der Waals surface area contributed by atoms with Crippen LogP contribution in [0.2, 0.25) is 0 Å². The molecule has 4 rings (SSSR count). The van der Waals surface area contributed by atoms with Crippen LogP contribution in [-0.2, 0) is 6.18 Å². The number of aliphatic imine (C=N–C) groups is 2. The number of benzene rings is 1. The van der Waals surface area contributed by atoms with Gasteiger partial charge in [0.05, 0.1) is 23.9 Å². The van der Waals surface area contributed by atoms with Gasteiger partial charge in [0.2, 0.25) is 0 Å². The molecule has 1 atom stereocenters. The number of pyridine rings is 1. The van der Waals surface area contributed by atoms with Crippen LogP contribution < -0.4 is 4.74 Å². The van der Waals surface area contributed by atoms with Gasteiger partial charge in [0, 0.05) is 48.3 Å². The number of amidine groups is 2. The second kappa shape index (κ2) is 11.9. The van der Waals surface area contributed by atoms with E-state index in [0.29, 0.717) is 35.5 Å². The lowest BCUT2D eigenvalue weighted by atomic mass is 9.93. The molecule has 0 aliphatic carbocycles. The summed E-state index contributed by atoms with van der Waals surface area (Å²) in [5.41, 5.74) is 0.307. The molecule has 1 aromatic heterocycles. The fourth-order valence-electron chi connectivity index (χ4n) is 4.77. The molecule has 0 bridgehead atoms. The summed E-state index contributed by atoms with van der Waals surface area (Å²) < 4.78 is 87.3. The monoisotopic (exact) mass is 576 g/mol. The Morgan fingerprint density at radius 1 is 1.10 bits per heavy atom. The molecule has 41 heavy (non-hydrogen) atoms. The average molecular weight is 577 g/mol. The zero-order valence-electron chi connectivity index (χ0n) is 23.1. The lowest BCUT2D eigenvalue weighted by Gasteiger charge is -2.34. The largest absolute Gasteiger partial charge is 0.497 e. The van der Waals surface area contributed by atoms with Crippen molar-refractivity contribution in [2.45, 2.75) is 52.4 Å². The van der Waals surface area contributed by atoms with Crippen molar-refractivity contribution >= 4 is 22.9 Å². The first-order chi connectivity index (χ1) is 19.3. The van der Waals surface area contributed by atoms with Crippen LogP contribution in [0.5, 0.6) is 5.75 Å². The summed E-state index contributed by atoms with van der Waals surface area (Å²) in [6.45, 7) is 5.19. The normalized spacial score (nSPS) is 21.1. The van der Waals surface area contributed by atoms with E-state index in [1.165, 1.54) is 13.2 Å². The summed E-state index contributed by atoms with van der Waals surface area (Å²) in [4.78, 5) is 15.2. The Morgan fingerprint density at radius 2 is 1.85 bits per heavy atom. The molecule has 0 saturated carbocycles. The fourth-order valence-corrected chi connectivity index (χ4v) is 4.77. The van der Waals surface area contributed by atoms with Crippen LogP contribution in [0.1, 0.15) is 51.2 Å². The van der Waals surface area contributed by atoms with E-state index in [9.17, 15) is 26.3 Å². The Balaban J connectivity index is 1.91. The molecule has 2 aliphatic rings. The average Bonchev–Trinajstić information content (AvgIpc) is 2.91. The van der Waals surface area contributed by atoms with Gasteiger partial charge in [-0.15, -0.1) is 0 Å². The Hall–Kier alpha value is -3.89. The molecule has 5 nitrogen and oxygen atoms in total. The lowest BCUT2D eigenvalue weighted by molar-refractivity contribution is -0.137. The number of halogens is 6. The first-order valence-electron chi connectivity index (χ1n) is 13.1. The maximum absolute atomic E-state index is 13.8. The second-order valence-electron chi connectivity index (χ2n) is 9.96. The van der Waals surface area contributed by atoms with Crippen molar-refractivity contribution in [1.82, 2.24) is 9.88 Å². The van der Waals surface area contributed by atoms with E-state index in [1.54, 1.807) is 37.2 Å². The highest BCUT2D eigenvalue weighted by atomic mass is 19.4. The quantitative estimate of drug-likeness (QED) is 0.343. The van der Waals surface area contributed by atoms with E-state index < -0.39 is 23.5 Å². The van der Waals surface area contributed by atoms with Crippen molar-refractivity contribution in [3.05, 3.63) is 82.8 Å². The van der Waals surface area contributed by atoms with Crippen LogP contribution in [-0.4, -0.2) is 41.4 Å². The molecule has 218 valence electrons. The number of nitrogens with zero attached hydrogens (tertiary/aromatic N) is 4. The molecule has 11 heteroatoms. The molecule has 0 fully saturated rings. The van der Waals surface area contributed by atoms with Gasteiger partial charge in [-0.1, -0.05) is 26.0 Å². The predicted molar refractivity (Wildman–Crippen MR) is 147 cm³/mol. The maximum atomic E-state index is 13.8. The molecule has 0 amide bonds. The maximum Gasteiger partial charge on any atom is 0.416 e. The van der Waals surface area contributed by atoms with E-state index in [-0.39, 0.29) is 41.7 Å². The standard InChI is InChI=1S/C30H30F6N4O/c1-5-20-17-40(19(3)12-26(20)30(34,35)36)28-25(21-7-6-10-37-16-21)11-18(2)8-9-27(39-28)38-23-13-22(29(31,32)33)14-24(15-23)41-4/h6-7,10-16,18H,5,8-9,17H2,1-4H3/b25-11-,38-27?,39-28?. The molecule has 3 heterocycles. The van der Waals surface area contributed by atoms with Gasteiger partial charge in [0.15, 0.2) is 0 Å². The second-order valence-corrected chi connectivity index (χ2v) is 9.96. The number of hydrogen-bond donors (Lipinski definition) is 0. The first-order valence-corrected chi connectivity index (χ1v) is 13.1. The number of hydrogen-bond acceptors (Lipinski definition) is 4. The summed E-state index contributed by atoms with van der Waals surface area (Å²) in [5, 5.41) is 0. The molecule has 0 N–H and O–H groups in total. The van der Waals surface area contributed by atoms with Crippen LogP contribution >= 0.6 is 0 Å². The van der Waals surface area contributed by atoms with Crippen molar-refractivity contribution in [3.8, 4) is 5.75 Å². The van der Waals surface area contributed by atoms with Gasteiger partial charge < -0.3 is 9.64 Å². The molecule has 2 aromatic rings. The summed E-state index contributed by atoms with van der Waals surface area (Å²) >= 11 is 0. The number of methoxy groups -OCH3 is 1. The van der Waals surface area contributed by atoms with Crippen LogP contribution in [0, 0.1) is 5.92 Å². The molecule has 0 radical (unpaired) electrons. The predicted octanol–water partition coefficient (Wildman–Crippen LogP) is 8.54. The van der Waals surface area contributed by atoms with Crippen LogP contribution in [0.3, 0.4) is 0 Å². The zero-order valence-corrected chi connectivity index (χ0v) is 23.1. The van der Waals surface area contributed by atoms with Crippen molar-refractivity contribution in [1.29, 1.82) is 0 Å². The molecule has 0 saturated heterocycles. The lowest BCUT2D eigenvalue weighted by Crippen LogP contribution is -2.37. The highest BCUT2D eigenvalue weighted by molar-refractivity contribution is 6.26. The summed E-state index contributed by atoms with van der Waals surface area (Å²) in [6.07, 6.45) is -1.64. The minimum atomic E-state index is -4.61. The smallest absolute Gasteiger partial charge is 0.416 e. The summed E-state index contributed by atoms with van der Waals surface area (Å²) in [6, 6.07) is 6.78. The van der Waals surface area contributed by atoms with Gasteiger partial charge >= 0.3 is 12.4 Å². The van der Waals surface area contributed by atoms with E-state index in [1.807, 2.05) is 19.1 Å². The van der Waals surface area contributed by atoms with E-state index in [2.05, 4.69) is 9.98 Å². The molecule has 2 aliphatic heterocycles. The topological polar surface area (TPSA) is 50.1 Å². The van der Waals surface area contributed by atoms with Gasteiger partial charge in [-0.2, -0.15) is 26.3 Å². The fraction of sp³-hybridized carbons (Fsp3) is 0.367. The van der Waals surface area contributed by atoms with Gasteiger partial charge in [-0.25, -0.2) is 9.98 Å². The Labute approximate surface area is 234 Å². The van der Waals surface area contributed by atoms with Crippen LogP contribution in [0.25, 0.3) is 5.57 Å². The summed E-state index contributed by atoms with van der Waals surface area (Å²) in [5.74, 6) is 0.589. The summed E-state index contributed by atoms with van der Waals surface area (Å²) in [7, 11) is 1.27. The van der Waals surface area contributed by atoms with Crippen molar-refractivity contribution < 1.29 is 31.1 Å². The Bertz CT molecular complexity index is 1440. The Kier molecular flexibility index (Phi) is 8.74. The van der Waals surface area contributed by atoms with Crippen LogP contribution in [0.15, 0.2) is 81.7 Å². The van der Waals surface area contributed by atoms with Gasteiger partial charge in [0.1, 0.15) is 17.4 Å². The minimum Gasteiger partial charge on any atom is -0.497 e. The van der Waals surface area contributed by atoms with Gasteiger partial charge in [-0.3, -0.25) is 4.98 Å². The van der Waals surface area contributed by atoms with E-state index in [0.717, 1.165) is 18.2 Å². The molecular formula is C30H30F6N4O. The minimum absolute atomic E-state index is 0.00190. The number of ether oxygens (including phenoxy) is 1. The third-order valence-corrected chi connectivity index (χ3v) is 6.93. The van der Waals surface area contributed by atoms with E-state index in [4.69, 9.17) is 9.73 Å². The zero-order chi connectivity index (χ0) is 29.9. The Morgan fingerprint density at radius 3 is 2.46 bits per heavy atom. The third-order valence-electron chi connectivity index (χ3n) is 6.93. The van der Waals surface area contributed by atoms with Gasteiger partial charge in [-0.05, 0) is 55.5 Å². The van der Waals surface area contributed by atoms with Gasteiger partial charge in [0.25, 0.3) is 0 Å². The number of rotatable bonds is 4. The number of allylic oxidation sites excluding steroid dienone is 4. The molecule has 0 spiro atoms. The third kappa shape index (κ3) is 7.07. The molecular weight excluding hydrogens is 546 g/mol. The molecule has 1 aromatic carbocycles.